The maximum absolute atomic E-state index is 12.7. The minimum atomic E-state index is -0.755. The highest BCUT2D eigenvalue weighted by atomic mass is 16.5. The summed E-state index contributed by atoms with van der Waals surface area (Å²) in [7, 11) is 1.71. The number of methoxy groups -OCH3 is 1. The molecule has 2 aliphatic rings. The lowest BCUT2D eigenvalue weighted by molar-refractivity contribution is -0.156. The Hall–Kier alpha value is -1.10. The predicted octanol–water partition coefficient (Wildman–Crippen LogP) is 1.07. The van der Waals surface area contributed by atoms with E-state index in [-0.39, 0.29) is 30.0 Å². The summed E-state index contributed by atoms with van der Waals surface area (Å²) in [6.07, 6.45) is 3.54. The normalized spacial score (nSPS) is 39.6. The van der Waals surface area contributed by atoms with Crippen LogP contribution in [0.2, 0.25) is 0 Å². The van der Waals surface area contributed by atoms with Gasteiger partial charge in [-0.3, -0.25) is 9.59 Å². The Bertz CT molecular complexity index is 385. The molecule has 2 fully saturated rings. The van der Waals surface area contributed by atoms with Gasteiger partial charge in [0.2, 0.25) is 11.8 Å². The zero-order valence-corrected chi connectivity index (χ0v) is 12.2. The Balaban J connectivity index is 2.21. The van der Waals surface area contributed by atoms with Gasteiger partial charge in [0.15, 0.2) is 0 Å². The summed E-state index contributed by atoms with van der Waals surface area (Å²) in [5, 5.41) is 2.86. The number of carbonyl (C=O) groups is 2. The van der Waals surface area contributed by atoms with Gasteiger partial charge in [-0.25, -0.2) is 0 Å². The van der Waals surface area contributed by atoms with Gasteiger partial charge in [0.05, 0.1) is 6.10 Å². The highest BCUT2D eigenvalue weighted by molar-refractivity contribution is 5.99. The van der Waals surface area contributed by atoms with Crippen LogP contribution in [0.25, 0.3) is 0 Å². The van der Waals surface area contributed by atoms with Gasteiger partial charge in [-0.1, -0.05) is 6.92 Å². The van der Waals surface area contributed by atoms with Gasteiger partial charge < -0.3 is 15.0 Å². The molecule has 1 heterocycles. The van der Waals surface area contributed by atoms with E-state index in [9.17, 15) is 9.59 Å². The molecule has 0 radical (unpaired) electrons. The Kier molecular flexibility index (Phi) is 3.85. The van der Waals surface area contributed by atoms with E-state index in [2.05, 4.69) is 5.32 Å². The molecule has 1 N–H and O–H groups in total. The number of piperazine rings is 1. The third-order valence-electron chi connectivity index (χ3n) is 4.69. The molecule has 0 bridgehead atoms. The van der Waals surface area contributed by atoms with Crippen molar-refractivity contribution in [1.82, 2.24) is 10.2 Å². The second-order valence-electron chi connectivity index (χ2n) is 5.89. The van der Waals surface area contributed by atoms with Gasteiger partial charge in [0.1, 0.15) is 11.6 Å². The average Bonchev–Trinajstić information content (AvgIpc) is 2.85. The molecular formula is C14H24N2O3. The van der Waals surface area contributed by atoms with Crippen LogP contribution < -0.4 is 5.32 Å². The fourth-order valence-corrected chi connectivity index (χ4v) is 3.12. The molecule has 0 aromatic heterocycles. The summed E-state index contributed by atoms with van der Waals surface area (Å²) in [4.78, 5) is 26.6. The molecule has 0 spiro atoms. The van der Waals surface area contributed by atoms with Gasteiger partial charge in [0, 0.05) is 13.2 Å². The molecule has 5 heteroatoms. The fraction of sp³-hybridized carbons (Fsp3) is 0.857. The number of nitrogens with one attached hydrogen (secondary N) is 1. The predicted molar refractivity (Wildman–Crippen MR) is 71.6 cm³/mol. The van der Waals surface area contributed by atoms with Crippen LogP contribution >= 0.6 is 0 Å². The molecule has 19 heavy (non-hydrogen) atoms. The second-order valence-corrected chi connectivity index (χ2v) is 5.89. The summed E-state index contributed by atoms with van der Waals surface area (Å²) >= 11 is 0. The van der Waals surface area contributed by atoms with E-state index in [4.69, 9.17) is 4.74 Å². The first-order valence-electron chi connectivity index (χ1n) is 7.10. The van der Waals surface area contributed by atoms with E-state index in [1.54, 1.807) is 12.0 Å². The van der Waals surface area contributed by atoms with E-state index >= 15 is 0 Å². The van der Waals surface area contributed by atoms with E-state index in [1.807, 2.05) is 20.8 Å². The van der Waals surface area contributed by atoms with Gasteiger partial charge in [-0.15, -0.1) is 0 Å². The quantitative estimate of drug-likeness (QED) is 0.833. The smallest absolute Gasteiger partial charge is 0.248 e. The van der Waals surface area contributed by atoms with E-state index in [1.165, 1.54) is 0 Å². The SMILES string of the molecule is CCC1(C)NC(=O)C(C)N(C2CCC(OC)C2)C1=O. The number of carbonyl (C=O) groups excluding carboxylic acids is 2. The lowest BCUT2D eigenvalue weighted by atomic mass is 9.90. The Morgan fingerprint density at radius 1 is 1.42 bits per heavy atom. The third kappa shape index (κ3) is 2.36. The molecule has 1 aliphatic carbocycles. The lowest BCUT2D eigenvalue weighted by Crippen LogP contribution is -2.70. The van der Waals surface area contributed by atoms with Gasteiger partial charge in [0.25, 0.3) is 0 Å². The Morgan fingerprint density at radius 2 is 2.11 bits per heavy atom. The molecule has 1 saturated carbocycles. The van der Waals surface area contributed by atoms with Crippen molar-refractivity contribution in [2.45, 2.75) is 70.2 Å². The molecule has 4 atom stereocenters. The van der Waals surface area contributed by atoms with Gasteiger partial charge >= 0.3 is 0 Å². The summed E-state index contributed by atoms with van der Waals surface area (Å²) in [6.45, 7) is 5.55. The number of ether oxygens (including phenoxy) is 1. The molecule has 4 unspecified atom stereocenters. The zero-order chi connectivity index (χ0) is 14.2. The van der Waals surface area contributed by atoms with Crippen LogP contribution in [0.1, 0.15) is 46.5 Å². The first-order chi connectivity index (χ1) is 8.92. The molecule has 5 nitrogen and oxygen atoms in total. The van der Waals surface area contributed by atoms with Crippen LogP contribution in [0.3, 0.4) is 0 Å². The van der Waals surface area contributed by atoms with Crippen molar-refractivity contribution >= 4 is 11.8 Å². The van der Waals surface area contributed by atoms with Crippen molar-refractivity contribution in [2.75, 3.05) is 7.11 Å². The van der Waals surface area contributed by atoms with E-state index in [0.29, 0.717) is 6.42 Å². The molecular weight excluding hydrogens is 244 g/mol. The van der Waals surface area contributed by atoms with E-state index in [0.717, 1.165) is 19.3 Å². The number of hydrogen-bond donors (Lipinski definition) is 1. The summed E-state index contributed by atoms with van der Waals surface area (Å²) in [6, 6.07) is -0.253. The molecule has 108 valence electrons. The molecule has 1 aliphatic heterocycles. The van der Waals surface area contributed by atoms with E-state index < -0.39 is 5.54 Å². The number of amides is 2. The monoisotopic (exact) mass is 268 g/mol. The minimum Gasteiger partial charge on any atom is -0.381 e. The van der Waals surface area contributed by atoms with Crippen LogP contribution in [0.15, 0.2) is 0 Å². The second kappa shape index (κ2) is 5.12. The van der Waals surface area contributed by atoms with Gasteiger partial charge in [-0.2, -0.15) is 0 Å². The zero-order valence-electron chi connectivity index (χ0n) is 12.2. The first-order valence-corrected chi connectivity index (χ1v) is 7.10. The highest BCUT2D eigenvalue weighted by Crippen LogP contribution is 2.32. The molecule has 2 rings (SSSR count). The maximum Gasteiger partial charge on any atom is 0.248 e. The van der Waals surface area contributed by atoms with Crippen LogP contribution in [-0.2, 0) is 14.3 Å². The summed E-state index contributed by atoms with van der Waals surface area (Å²) < 4.78 is 5.37. The van der Waals surface area contributed by atoms with Crippen molar-refractivity contribution in [3.05, 3.63) is 0 Å². The topological polar surface area (TPSA) is 58.6 Å². The number of hydrogen-bond acceptors (Lipinski definition) is 3. The number of rotatable bonds is 3. The summed E-state index contributed by atoms with van der Waals surface area (Å²) in [5.74, 6) is -0.00586. The highest BCUT2D eigenvalue weighted by Gasteiger charge is 2.48. The Labute approximate surface area is 114 Å². The Morgan fingerprint density at radius 3 is 2.63 bits per heavy atom. The summed E-state index contributed by atoms with van der Waals surface area (Å²) in [5.41, 5.74) is -0.755. The van der Waals surface area contributed by atoms with Crippen molar-refractivity contribution in [2.24, 2.45) is 0 Å². The van der Waals surface area contributed by atoms with Crippen LogP contribution in [0.4, 0.5) is 0 Å². The average molecular weight is 268 g/mol. The van der Waals surface area contributed by atoms with Crippen LogP contribution in [0, 0.1) is 0 Å². The minimum absolute atomic E-state index is 0.0452. The fourth-order valence-electron chi connectivity index (χ4n) is 3.12. The largest absolute Gasteiger partial charge is 0.381 e. The maximum atomic E-state index is 12.7. The molecule has 2 amide bonds. The standard InChI is InChI=1S/C14H24N2O3/c1-5-14(3)13(18)16(9(2)12(17)15-14)10-6-7-11(8-10)19-4/h9-11H,5-8H2,1-4H3,(H,15,17). The van der Waals surface area contributed by atoms with Crippen molar-refractivity contribution in [1.29, 1.82) is 0 Å². The van der Waals surface area contributed by atoms with Crippen molar-refractivity contribution in [3.63, 3.8) is 0 Å². The third-order valence-corrected chi connectivity index (χ3v) is 4.69. The number of nitrogens with zero attached hydrogens (tertiary/aromatic N) is 1. The van der Waals surface area contributed by atoms with Gasteiger partial charge in [-0.05, 0) is 39.5 Å². The lowest BCUT2D eigenvalue weighted by Gasteiger charge is -2.45. The molecule has 0 aromatic carbocycles. The van der Waals surface area contributed by atoms with Crippen molar-refractivity contribution in [3.8, 4) is 0 Å². The van der Waals surface area contributed by atoms with Crippen LogP contribution in [0.5, 0.6) is 0 Å². The van der Waals surface area contributed by atoms with Crippen LogP contribution in [-0.4, -0.2) is 47.6 Å². The van der Waals surface area contributed by atoms with Crippen molar-refractivity contribution < 1.29 is 14.3 Å². The molecule has 1 saturated heterocycles. The first kappa shape index (κ1) is 14.3. The molecule has 0 aromatic rings.